The topological polar surface area (TPSA) is 65.1 Å². The van der Waals surface area contributed by atoms with Gasteiger partial charge in [-0.1, -0.05) is 18.5 Å². The molecule has 0 N–H and O–H groups in total. The molecule has 1 aliphatic rings. The Labute approximate surface area is 189 Å². The molecule has 0 aliphatic carbocycles. The predicted molar refractivity (Wildman–Crippen MR) is 117 cm³/mol. The lowest BCUT2D eigenvalue weighted by atomic mass is 9.81. The molecular weight excluding hydrogens is 425 g/mol. The third-order valence-electron chi connectivity index (χ3n) is 4.84. The van der Waals surface area contributed by atoms with E-state index in [1.165, 1.54) is 6.07 Å². The van der Waals surface area contributed by atoms with E-state index in [9.17, 15) is 14.0 Å². The zero-order valence-electron chi connectivity index (χ0n) is 19.4. The molecule has 0 bridgehead atoms. The summed E-state index contributed by atoms with van der Waals surface area (Å²) < 4.78 is 30.9. The van der Waals surface area contributed by atoms with Crippen molar-refractivity contribution in [2.45, 2.75) is 72.5 Å². The van der Waals surface area contributed by atoms with Crippen molar-refractivity contribution >= 4 is 23.7 Å². The molecule has 174 valence electrons. The van der Waals surface area contributed by atoms with Crippen LogP contribution in [0.3, 0.4) is 0 Å². The highest BCUT2D eigenvalue weighted by molar-refractivity contribution is 6.32. The van der Waals surface area contributed by atoms with E-state index in [2.05, 4.69) is 6.92 Å². The van der Waals surface area contributed by atoms with E-state index < -0.39 is 23.0 Å². The van der Waals surface area contributed by atoms with Gasteiger partial charge in [0.05, 0.1) is 17.2 Å². The molecule has 8 heteroatoms. The summed E-state index contributed by atoms with van der Waals surface area (Å²) in [6.07, 6.45) is 1.10. The Morgan fingerprint density at radius 1 is 1.06 bits per heavy atom. The summed E-state index contributed by atoms with van der Waals surface area (Å²) in [5.41, 5.74) is -1.72. The number of esters is 1. The maximum Gasteiger partial charge on any atom is 0.410 e. The number of likely N-dealkylation sites (tertiary alicyclic amines) is 1. The van der Waals surface area contributed by atoms with Crippen LogP contribution >= 0.6 is 11.6 Å². The average Bonchev–Trinajstić information content (AvgIpc) is 2.59. The van der Waals surface area contributed by atoms with Crippen LogP contribution in [-0.2, 0) is 9.47 Å². The maximum atomic E-state index is 14.5. The van der Waals surface area contributed by atoms with E-state index in [4.69, 9.17) is 25.8 Å². The molecule has 1 aromatic rings. The summed E-state index contributed by atoms with van der Waals surface area (Å²) >= 11 is 6.24. The van der Waals surface area contributed by atoms with Crippen molar-refractivity contribution < 1.29 is 28.2 Å². The zero-order chi connectivity index (χ0) is 23.6. The third-order valence-corrected chi connectivity index (χ3v) is 5.13. The maximum absolute atomic E-state index is 14.5. The number of carbonyl (C=O) groups excluding carboxylic acids is 2. The number of hydrogen-bond acceptors (Lipinski definition) is 5. The lowest BCUT2D eigenvalue weighted by Crippen LogP contribution is -2.46. The summed E-state index contributed by atoms with van der Waals surface area (Å²) in [5, 5.41) is 0.136. The molecule has 31 heavy (non-hydrogen) atoms. The van der Waals surface area contributed by atoms with Crippen molar-refractivity contribution in [3.8, 4) is 5.75 Å². The second kappa shape index (κ2) is 9.23. The van der Waals surface area contributed by atoms with Crippen LogP contribution in [0.5, 0.6) is 5.75 Å². The molecule has 6 nitrogen and oxygen atoms in total. The van der Waals surface area contributed by atoms with Gasteiger partial charge >= 0.3 is 12.1 Å². The number of benzene rings is 1. The molecule has 1 aliphatic heterocycles. The number of amides is 1. The van der Waals surface area contributed by atoms with Gasteiger partial charge in [-0.25, -0.2) is 14.0 Å². The van der Waals surface area contributed by atoms with E-state index in [0.717, 1.165) is 6.07 Å². The number of nitrogens with zero attached hydrogens (tertiary/aromatic N) is 1. The Kier molecular flexibility index (Phi) is 7.51. The highest BCUT2D eigenvalue weighted by Gasteiger charge is 2.34. The first kappa shape index (κ1) is 25.2. The number of halogens is 2. The number of piperidine rings is 1. The summed E-state index contributed by atoms with van der Waals surface area (Å²) in [7, 11) is 0. The van der Waals surface area contributed by atoms with Crippen LogP contribution in [0.4, 0.5) is 9.18 Å². The first-order valence-electron chi connectivity index (χ1n) is 10.4. The Morgan fingerprint density at radius 2 is 1.61 bits per heavy atom. The van der Waals surface area contributed by atoms with Gasteiger partial charge in [-0.2, -0.15) is 0 Å². The Bertz CT molecular complexity index is 820. The van der Waals surface area contributed by atoms with Gasteiger partial charge in [-0.05, 0) is 60.5 Å². The predicted octanol–water partition coefficient (Wildman–Crippen LogP) is 5.85. The first-order valence-corrected chi connectivity index (χ1v) is 10.8. The van der Waals surface area contributed by atoms with Crippen molar-refractivity contribution in [1.29, 1.82) is 0 Å². The van der Waals surface area contributed by atoms with Gasteiger partial charge in [0.25, 0.3) is 0 Å². The summed E-state index contributed by atoms with van der Waals surface area (Å²) in [4.78, 5) is 26.1. The number of carbonyl (C=O) groups is 2. The van der Waals surface area contributed by atoms with Gasteiger partial charge in [-0.3, -0.25) is 0 Å². The lowest BCUT2D eigenvalue weighted by Gasteiger charge is -2.39. The smallest absolute Gasteiger partial charge is 0.410 e. The SMILES string of the molecule is CC1(COc2cc(F)c(C(=O)OC(C)(C)C)cc2Cl)CCN(C(=O)OC(C)(C)C)CC1. The average molecular weight is 458 g/mol. The van der Waals surface area contributed by atoms with Crippen LogP contribution in [0.1, 0.15) is 71.7 Å². The minimum atomic E-state index is -0.778. The molecule has 1 heterocycles. The quantitative estimate of drug-likeness (QED) is 0.530. The molecule has 1 aromatic carbocycles. The molecule has 0 atom stereocenters. The fourth-order valence-electron chi connectivity index (χ4n) is 3.08. The minimum absolute atomic E-state index is 0.136. The largest absolute Gasteiger partial charge is 0.491 e. The van der Waals surface area contributed by atoms with Crippen LogP contribution in [0.25, 0.3) is 0 Å². The second-order valence-corrected chi connectivity index (χ2v) is 10.7. The van der Waals surface area contributed by atoms with E-state index in [1.807, 2.05) is 20.8 Å². The van der Waals surface area contributed by atoms with Crippen molar-refractivity contribution in [1.82, 2.24) is 4.90 Å². The van der Waals surface area contributed by atoms with Crippen molar-refractivity contribution in [3.63, 3.8) is 0 Å². The minimum Gasteiger partial charge on any atom is -0.491 e. The van der Waals surface area contributed by atoms with Gasteiger partial charge in [0.1, 0.15) is 22.8 Å². The molecule has 1 amide bonds. The Morgan fingerprint density at radius 3 is 2.13 bits per heavy atom. The zero-order valence-corrected chi connectivity index (χ0v) is 20.2. The van der Waals surface area contributed by atoms with Gasteiger partial charge in [0, 0.05) is 24.6 Å². The summed E-state index contributed by atoms with van der Waals surface area (Å²) in [5.74, 6) is -1.36. The lowest BCUT2D eigenvalue weighted by molar-refractivity contribution is 0.00467. The second-order valence-electron chi connectivity index (χ2n) is 10.3. The molecular formula is C23H33ClFNO5. The van der Waals surface area contributed by atoms with Crippen LogP contribution in [-0.4, -0.2) is 47.9 Å². The number of rotatable bonds is 4. The summed E-state index contributed by atoms with van der Waals surface area (Å²) in [6.45, 7) is 14.1. The molecule has 0 unspecified atom stereocenters. The Balaban J connectivity index is 1.98. The number of ether oxygens (including phenoxy) is 3. The van der Waals surface area contributed by atoms with E-state index in [0.29, 0.717) is 32.5 Å². The highest BCUT2D eigenvalue weighted by Crippen LogP contribution is 2.35. The fraction of sp³-hybridized carbons (Fsp3) is 0.652. The van der Waals surface area contributed by atoms with Crippen molar-refractivity contribution in [2.24, 2.45) is 5.41 Å². The molecule has 2 rings (SSSR count). The molecule has 1 fully saturated rings. The van der Waals surface area contributed by atoms with E-state index in [-0.39, 0.29) is 27.8 Å². The molecule has 0 radical (unpaired) electrons. The first-order chi connectivity index (χ1) is 14.1. The van der Waals surface area contributed by atoms with E-state index in [1.54, 1.807) is 25.7 Å². The van der Waals surface area contributed by atoms with Crippen LogP contribution < -0.4 is 4.74 Å². The van der Waals surface area contributed by atoms with Crippen molar-refractivity contribution in [2.75, 3.05) is 19.7 Å². The molecule has 1 saturated heterocycles. The molecule has 0 saturated carbocycles. The summed E-state index contributed by atoms with van der Waals surface area (Å²) in [6, 6.07) is 2.34. The third kappa shape index (κ3) is 7.56. The van der Waals surface area contributed by atoms with Gasteiger partial charge < -0.3 is 19.1 Å². The monoisotopic (exact) mass is 457 g/mol. The highest BCUT2D eigenvalue weighted by atomic mass is 35.5. The van der Waals surface area contributed by atoms with Crippen LogP contribution in [0.15, 0.2) is 12.1 Å². The number of hydrogen-bond donors (Lipinski definition) is 0. The van der Waals surface area contributed by atoms with Gasteiger partial charge in [0.15, 0.2) is 0 Å². The molecule has 0 spiro atoms. The van der Waals surface area contributed by atoms with Gasteiger partial charge in [0.2, 0.25) is 0 Å². The normalized spacial score (nSPS) is 16.6. The fourth-order valence-corrected chi connectivity index (χ4v) is 3.30. The van der Waals surface area contributed by atoms with Crippen LogP contribution in [0, 0.1) is 11.2 Å². The van der Waals surface area contributed by atoms with Crippen molar-refractivity contribution in [3.05, 3.63) is 28.5 Å². The van der Waals surface area contributed by atoms with Crippen LogP contribution in [0.2, 0.25) is 5.02 Å². The Hall–Kier alpha value is -2.02. The van der Waals surface area contributed by atoms with Gasteiger partial charge in [-0.15, -0.1) is 0 Å². The standard InChI is InChI=1S/C23H33ClFNO5/c1-21(2,3)30-19(27)15-12-16(24)18(13-17(15)25)29-14-23(7)8-10-26(11-9-23)20(28)31-22(4,5)6/h12-13H,8-11,14H2,1-7H3. The van der Waals surface area contributed by atoms with E-state index >= 15 is 0 Å². The molecule has 0 aromatic heterocycles.